The number of amidine groups is 1. The van der Waals surface area contributed by atoms with Gasteiger partial charge in [-0.1, -0.05) is 13.8 Å². The smallest absolute Gasteiger partial charge is 0.286 e. The summed E-state index contributed by atoms with van der Waals surface area (Å²) in [6.45, 7) is 7.22. The number of amides is 1. The second-order valence-corrected chi connectivity index (χ2v) is 7.28. The minimum atomic E-state index is -0.469. The molecule has 26 heavy (non-hydrogen) atoms. The fraction of sp³-hybridized carbons (Fsp3) is 0.474. The third-order valence-corrected chi connectivity index (χ3v) is 5.50. The highest BCUT2D eigenvalue weighted by molar-refractivity contribution is 8.18. The van der Waals surface area contributed by atoms with Gasteiger partial charge in [-0.2, -0.15) is 4.99 Å². The van der Waals surface area contributed by atoms with E-state index in [1.807, 2.05) is 27.9 Å². The molecule has 1 amide bonds. The van der Waals surface area contributed by atoms with Gasteiger partial charge in [0.25, 0.3) is 5.91 Å². The van der Waals surface area contributed by atoms with Crippen molar-refractivity contribution in [3.63, 3.8) is 0 Å². The van der Waals surface area contributed by atoms with E-state index in [9.17, 15) is 14.3 Å². The first kappa shape index (κ1) is 20.5. The van der Waals surface area contributed by atoms with Gasteiger partial charge in [-0.3, -0.25) is 4.79 Å². The summed E-state index contributed by atoms with van der Waals surface area (Å²) in [4.78, 5) is 21.0. The standard InChI is InChI=1S/C17H20FN3O2S.C2H6/c1-10-13(18)5-4-11(15(10)22)8-14-16(23)19-17(24-14)21-7-6-12(9-21)20(2)3;1-2/h4-5,8,12,22H,6-7,9H2,1-3H3;1-2H3/b14-8-;. The third kappa shape index (κ3) is 4.27. The van der Waals surface area contributed by atoms with Gasteiger partial charge in [0.1, 0.15) is 11.6 Å². The van der Waals surface area contributed by atoms with Crippen LogP contribution in [0.2, 0.25) is 0 Å². The molecule has 7 heteroatoms. The van der Waals surface area contributed by atoms with Crippen LogP contribution < -0.4 is 0 Å². The lowest BCUT2D eigenvalue weighted by Crippen LogP contribution is -2.33. The Labute approximate surface area is 158 Å². The topological polar surface area (TPSA) is 56.1 Å². The summed E-state index contributed by atoms with van der Waals surface area (Å²) < 4.78 is 13.4. The van der Waals surface area contributed by atoms with Crippen molar-refractivity contribution in [1.82, 2.24) is 9.80 Å². The zero-order valence-corrected chi connectivity index (χ0v) is 16.7. The molecule has 2 aliphatic heterocycles. The molecule has 0 radical (unpaired) electrons. The maximum atomic E-state index is 13.4. The Balaban J connectivity index is 0.00000117. The number of hydrogen-bond acceptors (Lipinski definition) is 5. The summed E-state index contributed by atoms with van der Waals surface area (Å²) in [6, 6.07) is 3.21. The molecular weight excluding hydrogens is 353 g/mol. The highest BCUT2D eigenvalue weighted by Crippen LogP contribution is 2.34. The van der Waals surface area contributed by atoms with E-state index >= 15 is 0 Å². The Bertz CT molecular complexity index is 747. The van der Waals surface area contributed by atoms with E-state index < -0.39 is 5.82 Å². The van der Waals surface area contributed by atoms with Crippen molar-refractivity contribution in [3.8, 4) is 5.75 Å². The Morgan fingerprint density at radius 1 is 1.38 bits per heavy atom. The molecule has 0 aromatic heterocycles. The van der Waals surface area contributed by atoms with Crippen LogP contribution in [-0.2, 0) is 4.79 Å². The number of hydrogen-bond donors (Lipinski definition) is 1. The predicted octanol–water partition coefficient (Wildman–Crippen LogP) is 3.47. The first-order valence-corrected chi connectivity index (χ1v) is 9.60. The third-order valence-electron chi connectivity index (χ3n) is 4.46. The van der Waals surface area contributed by atoms with Crippen molar-refractivity contribution in [3.05, 3.63) is 34.0 Å². The molecule has 1 aromatic carbocycles. The van der Waals surface area contributed by atoms with E-state index in [2.05, 4.69) is 14.8 Å². The molecule has 1 saturated heterocycles. The van der Waals surface area contributed by atoms with Crippen molar-refractivity contribution in [2.24, 2.45) is 4.99 Å². The molecule has 1 fully saturated rings. The van der Waals surface area contributed by atoms with E-state index in [4.69, 9.17) is 0 Å². The first-order valence-electron chi connectivity index (χ1n) is 8.79. The van der Waals surface area contributed by atoms with Gasteiger partial charge in [0.2, 0.25) is 0 Å². The zero-order valence-electron chi connectivity index (χ0n) is 15.9. The second kappa shape index (κ2) is 8.68. The van der Waals surface area contributed by atoms with Crippen LogP contribution in [0.15, 0.2) is 22.0 Å². The van der Waals surface area contributed by atoms with Crippen LogP contribution in [0.5, 0.6) is 5.75 Å². The lowest BCUT2D eigenvalue weighted by molar-refractivity contribution is -0.113. The van der Waals surface area contributed by atoms with E-state index in [1.54, 1.807) is 6.08 Å². The van der Waals surface area contributed by atoms with Gasteiger partial charge in [-0.15, -0.1) is 0 Å². The first-order chi connectivity index (χ1) is 12.4. The molecule has 3 rings (SSSR count). The number of nitrogens with zero attached hydrogens (tertiary/aromatic N) is 3. The van der Waals surface area contributed by atoms with Crippen molar-refractivity contribution in [2.45, 2.75) is 33.2 Å². The number of halogens is 1. The number of aromatic hydroxyl groups is 1. The minimum Gasteiger partial charge on any atom is -0.507 e. The molecule has 1 atom stereocenters. The van der Waals surface area contributed by atoms with E-state index in [0.717, 1.165) is 19.5 Å². The van der Waals surface area contributed by atoms with E-state index in [-0.39, 0.29) is 17.2 Å². The fourth-order valence-corrected chi connectivity index (χ4v) is 3.76. The van der Waals surface area contributed by atoms with Gasteiger partial charge in [-0.05, 0) is 57.4 Å². The number of phenolic OH excluding ortho intramolecular Hbond substituents is 1. The van der Waals surface area contributed by atoms with Crippen molar-refractivity contribution in [2.75, 3.05) is 27.2 Å². The van der Waals surface area contributed by atoms with Gasteiger partial charge in [0.05, 0.1) is 4.91 Å². The Morgan fingerprint density at radius 2 is 2.08 bits per heavy atom. The van der Waals surface area contributed by atoms with Gasteiger partial charge in [0.15, 0.2) is 5.17 Å². The Hall–Kier alpha value is -1.86. The monoisotopic (exact) mass is 379 g/mol. The van der Waals surface area contributed by atoms with Crippen molar-refractivity contribution >= 4 is 28.9 Å². The van der Waals surface area contributed by atoms with Gasteiger partial charge < -0.3 is 14.9 Å². The van der Waals surface area contributed by atoms with E-state index in [0.29, 0.717) is 21.7 Å². The number of carbonyl (C=O) groups excluding carboxylic acids is 1. The molecule has 0 spiro atoms. The number of carbonyl (C=O) groups is 1. The number of thioether (sulfide) groups is 1. The van der Waals surface area contributed by atoms with Crippen LogP contribution in [0, 0.1) is 12.7 Å². The van der Waals surface area contributed by atoms with Gasteiger partial charge in [-0.25, -0.2) is 4.39 Å². The SMILES string of the molecule is CC.Cc1c(F)ccc(/C=C2\SC(N3CCC(N(C)C)C3)=NC2=O)c1O. The van der Waals surface area contributed by atoms with Crippen LogP contribution >= 0.6 is 11.8 Å². The zero-order chi connectivity index (χ0) is 19.4. The quantitative estimate of drug-likeness (QED) is 0.798. The molecule has 0 aliphatic carbocycles. The summed E-state index contributed by atoms with van der Waals surface area (Å²) in [5.74, 6) is -0.924. The highest BCUT2D eigenvalue weighted by Gasteiger charge is 2.32. The van der Waals surface area contributed by atoms with Crippen molar-refractivity contribution in [1.29, 1.82) is 0 Å². The molecule has 1 aromatic rings. The number of likely N-dealkylation sites (N-methyl/N-ethyl adjacent to an activating group) is 1. The molecule has 5 nitrogen and oxygen atoms in total. The van der Waals surface area contributed by atoms with Crippen molar-refractivity contribution < 1.29 is 14.3 Å². The normalized spacial score (nSPS) is 21.3. The van der Waals surface area contributed by atoms with Crippen LogP contribution in [0.4, 0.5) is 4.39 Å². The van der Waals surface area contributed by atoms with E-state index in [1.165, 1.54) is 30.8 Å². The average Bonchev–Trinajstić information content (AvgIpc) is 3.25. The molecular formula is C19H26FN3O2S. The van der Waals surface area contributed by atoms with Gasteiger partial charge >= 0.3 is 0 Å². The molecule has 142 valence electrons. The molecule has 1 unspecified atom stereocenters. The predicted molar refractivity (Wildman–Crippen MR) is 106 cm³/mol. The lowest BCUT2D eigenvalue weighted by Gasteiger charge is -2.20. The van der Waals surface area contributed by atoms with Crippen LogP contribution in [0.25, 0.3) is 6.08 Å². The Kier molecular flexibility index (Phi) is 6.83. The maximum Gasteiger partial charge on any atom is 0.286 e. The number of phenols is 1. The van der Waals surface area contributed by atoms with Gasteiger partial charge in [0, 0.05) is 30.3 Å². The molecule has 0 saturated carbocycles. The minimum absolute atomic E-state index is 0.141. The summed E-state index contributed by atoms with van der Waals surface area (Å²) in [5, 5.41) is 10.7. The van der Waals surface area contributed by atoms with Crippen LogP contribution in [0.1, 0.15) is 31.4 Å². The Morgan fingerprint density at radius 3 is 2.69 bits per heavy atom. The fourth-order valence-electron chi connectivity index (χ4n) is 2.82. The highest BCUT2D eigenvalue weighted by atomic mass is 32.2. The summed E-state index contributed by atoms with van der Waals surface area (Å²) in [7, 11) is 4.10. The summed E-state index contributed by atoms with van der Waals surface area (Å²) in [5.41, 5.74) is 0.600. The summed E-state index contributed by atoms with van der Waals surface area (Å²) >= 11 is 1.31. The maximum absolute atomic E-state index is 13.4. The molecule has 1 N–H and O–H groups in total. The van der Waals surface area contributed by atoms with Crippen LogP contribution in [0.3, 0.4) is 0 Å². The average molecular weight is 380 g/mol. The molecule has 2 heterocycles. The number of benzene rings is 1. The summed E-state index contributed by atoms with van der Waals surface area (Å²) in [6.07, 6.45) is 2.61. The number of aliphatic imine (C=N–C) groups is 1. The largest absolute Gasteiger partial charge is 0.507 e. The number of likely N-dealkylation sites (tertiary alicyclic amines) is 1. The van der Waals surface area contributed by atoms with Crippen LogP contribution in [-0.4, -0.2) is 59.2 Å². The number of rotatable bonds is 2. The molecule has 2 aliphatic rings. The lowest BCUT2D eigenvalue weighted by atomic mass is 10.1. The second-order valence-electron chi connectivity index (χ2n) is 6.27. The molecule has 0 bridgehead atoms.